The lowest BCUT2D eigenvalue weighted by Crippen LogP contribution is -2.11. The van der Waals surface area contributed by atoms with Crippen LogP contribution in [0.1, 0.15) is 5.56 Å². The van der Waals surface area contributed by atoms with Crippen LogP contribution >= 0.6 is 0 Å². The summed E-state index contributed by atoms with van der Waals surface area (Å²) in [6.07, 6.45) is 1.80. The summed E-state index contributed by atoms with van der Waals surface area (Å²) in [6, 6.07) is 13.8. The Kier molecular flexibility index (Phi) is 3.60. The summed E-state index contributed by atoms with van der Waals surface area (Å²) in [5.74, 6) is 1.83. The SMILES string of the molecule is CN(C)c1cc(COc2ccccc2)ccn1. The van der Waals surface area contributed by atoms with Gasteiger partial charge in [0.15, 0.2) is 0 Å². The Morgan fingerprint density at radius 1 is 1.12 bits per heavy atom. The Bertz CT molecular complexity index is 469. The van der Waals surface area contributed by atoms with Gasteiger partial charge in [0.1, 0.15) is 18.2 Å². The van der Waals surface area contributed by atoms with Gasteiger partial charge in [0, 0.05) is 20.3 Å². The van der Waals surface area contributed by atoms with Gasteiger partial charge in [-0.3, -0.25) is 0 Å². The number of aromatic nitrogens is 1. The number of ether oxygens (including phenoxy) is 1. The zero-order valence-electron chi connectivity index (χ0n) is 10.1. The first kappa shape index (κ1) is 11.5. The summed E-state index contributed by atoms with van der Waals surface area (Å²) in [5, 5.41) is 0. The van der Waals surface area contributed by atoms with Crippen molar-refractivity contribution in [3.05, 3.63) is 54.2 Å². The van der Waals surface area contributed by atoms with Crippen LogP contribution in [0.5, 0.6) is 5.75 Å². The molecule has 0 aliphatic rings. The predicted octanol–water partition coefficient (Wildman–Crippen LogP) is 2.73. The average Bonchev–Trinajstić information content (AvgIpc) is 2.38. The van der Waals surface area contributed by atoms with Gasteiger partial charge < -0.3 is 9.64 Å². The highest BCUT2D eigenvalue weighted by atomic mass is 16.5. The van der Waals surface area contributed by atoms with E-state index in [1.165, 1.54) is 0 Å². The highest BCUT2D eigenvalue weighted by Crippen LogP contribution is 2.14. The van der Waals surface area contributed by atoms with Crippen molar-refractivity contribution < 1.29 is 4.74 Å². The summed E-state index contributed by atoms with van der Waals surface area (Å²) >= 11 is 0. The molecule has 0 atom stereocenters. The van der Waals surface area contributed by atoms with Gasteiger partial charge in [0.05, 0.1) is 0 Å². The van der Waals surface area contributed by atoms with Crippen LogP contribution < -0.4 is 9.64 Å². The number of para-hydroxylation sites is 1. The van der Waals surface area contributed by atoms with Crippen molar-refractivity contribution in [2.75, 3.05) is 19.0 Å². The zero-order chi connectivity index (χ0) is 12.1. The molecule has 0 aliphatic carbocycles. The van der Waals surface area contributed by atoms with Gasteiger partial charge in [-0.05, 0) is 29.8 Å². The second kappa shape index (κ2) is 5.34. The van der Waals surface area contributed by atoms with Crippen molar-refractivity contribution in [1.29, 1.82) is 0 Å². The standard InChI is InChI=1S/C14H16N2O/c1-16(2)14-10-12(8-9-15-14)11-17-13-6-4-3-5-7-13/h3-10H,11H2,1-2H3. The van der Waals surface area contributed by atoms with E-state index in [4.69, 9.17) is 4.74 Å². The van der Waals surface area contributed by atoms with Crippen LogP contribution in [0.2, 0.25) is 0 Å². The zero-order valence-corrected chi connectivity index (χ0v) is 10.1. The summed E-state index contributed by atoms with van der Waals surface area (Å²) < 4.78 is 5.68. The average molecular weight is 228 g/mol. The Labute approximate surface area is 102 Å². The molecule has 3 heteroatoms. The van der Waals surface area contributed by atoms with E-state index in [2.05, 4.69) is 4.98 Å². The number of rotatable bonds is 4. The van der Waals surface area contributed by atoms with Gasteiger partial charge in [-0.15, -0.1) is 0 Å². The lowest BCUT2D eigenvalue weighted by atomic mass is 10.2. The number of hydrogen-bond donors (Lipinski definition) is 0. The van der Waals surface area contributed by atoms with E-state index in [1.807, 2.05) is 61.5 Å². The third-order valence-corrected chi connectivity index (χ3v) is 2.42. The molecule has 2 rings (SSSR count). The molecule has 0 unspecified atom stereocenters. The van der Waals surface area contributed by atoms with Crippen LogP contribution in [0.25, 0.3) is 0 Å². The largest absolute Gasteiger partial charge is 0.489 e. The van der Waals surface area contributed by atoms with Gasteiger partial charge in [-0.25, -0.2) is 4.98 Å². The maximum Gasteiger partial charge on any atom is 0.128 e. The van der Waals surface area contributed by atoms with Crippen molar-refractivity contribution in [3.8, 4) is 5.75 Å². The predicted molar refractivity (Wildman–Crippen MR) is 69.3 cm³/mol. The second-order valence-electron chi connectivity index (χ2n) is 4.02. The van der Waals surface area contributed by atoms with Crippen molar-refractivity contribution in [2.45, 2.75) is 6.61 Å². The molecule has 1 aromatic carbocycles. The molecule has 0 spiro atoms. The summed E-state index contributed by atoms with van der Waals surface area (Å²) in [4.78, 5) is 6.24. The Balaban J connectivity index is 2.02. The van der Waals surface area contributed by atoms with Crippen molar-refractivity contribution >= 4 is 5.82 Å². The molecule has 0 aliphatic heterocycles. The topological polar surface area (TPSA) is 25.4 Å². The number of nitrogens with zero attached hydrogens (tertiary/aromatic N) is 2. The third kappa shape index (κ3) is 3.21. The van der Waals surface area contributed by atoms with Crippen molar-refractivity contribution in [3.63, 3.8) is 0 Å². The van der Waals surface area contributed by atoms with Crippen molar-refractivity contribution in [1.82, 2.24) is 4.98 Å². The van der Waals surface area contributed by atoms with E-state index in [1.54, 1.807) is 6.20 Å². The first-order chi connectivity index (χ1) is 8.25. The van der Waals surface area contributed by atoms with Crippen LogP contribution in [-0.4, -0.2) is 19.1 Å². The fourth-order valence-electron chi connectivity index (χ4n) is 1.48. The first-order valence-electron chi connectivity index (χ1n) is 5.56. The van der Waals surface area contributed by atoms with Crippen LogP contribution in [0.15, 0.2) is 48.7 Å². The third-order valence-electron chi connectivity index (χ3n) is 2.42. The number of anilines is 1. The molecular formula is C14H16N2O. The van der Waals surface area contributed by atoms with Crippen LogP contribution in [-0.2, 0) is 6.61 Å². The van der Waals surface area contributed by atoms with Crippen molar-refractivity contribution in [2.24, 2.45) is 0 Å². The molecule has 0 amide bonds. The van der Waals surface area contributed by atoms with E-state index < -0.39 is 0 Å². The molecule has 0 bridgehead atoms. The van der Waals surface area contributed by atoms with Crippen LogP contribution in [0.4, 0.5) is 5.82 Å². The lowest BCUT2D eigenvalue weighted by Gasteiger charge is -2.12. The quantitative estimate of drug-likeness (QED) is 0.804. The van der Waals surface area contributed by atoms with Gasteiger partial charge in [-0.1, -0.05) is 18.2 Å². The fraction of sp³-hybridized carbons (Fsp3) is 0.214. The van der Waals surface area contributed by atoms with Crippen LogP contribution in [0, 0.1) is 0 Å². The molecule has 88 valence electrons. The molecule has 2 aromatic rings. The molecule has 0 saturated heterocycles. The van der Waals surface area contributed by atoms with E-state index in [9.17, 15) is 0 Å². The molecular weight excluding hydrogens is 212 g/mol. The first-order valence-corrected chi connectivity index (χ1v) is 5.56. The van der Waals surface area contributed by atoms with E-state index in [0.717, 1.165) is 17.1 Å². The highest BCUT2D eigenvalue weighted by molar-refractivity contribution is 5.39. The molecule has 1 aromatic heterocycles. The summed E-state index contributed by atoms with van der Waals surface area (Å²) in [6.45, 7) is 0.563. The number of pyridine rings is 1. The maximum atomic E-state index is 5.68. The summed E-state index contributed by atoms with van der Waals surface area (Å²) in [7, 11) is 3.95. The normalized spacial score (nSPS) is 10.0. The van der Waals surface area contributed by atoms with Gasteiger partial charge in [0.25, 0.3) is 0 Å². The number of benzene rings is 1. The summed E-state index contributed by atoms with van der Waals surface area (Å²) in [5.41, 5.74) is 1.12. The smallest absolute Gasteiger partial charge is 0.128 e. The molecule has 1 heterocycles. The Morgan fingerprint density at radius 2 is 1.88 bits per heavy atom. The highest BCUT2D eigenvalue weighted by Gasteiger charge is 2.00. The minimum absolute atomic E-state index is 0.563. The molecule has 0 N–H and O–H groups in total. The number of hydrogen-bond acceptors (Lipinski definition) is 3. The molecule has 0 fully saturated rings. The Hall–Kier alpha value is -2.03. The van der Waals surface area contributed by atoms with Gasteiger partial charge >= 0.3 is 0 Å². The monoisotopic (exact) mass is 228 g/mol. The van der Waals surface area contributed by atoms with Gasteiger partial charge in [0.2, 0.25) is 0 Å². The minimum Gasteiger partial charge on any atom is -0.489 e. The lowest BCUT2D eigenvalue weighted by molar-refractivity contribution is 0.306. The van der Waals surface area contributed by atoms with E-state index in [-0.39, 0.29) is 0 Å². The fourth-order valence-corrected chi connectivity index (χ4v) is 1.48. The molecule has 0 radical (unpaired) electrons. The molecule has 3 nitrogen and oxygen atoms in total. The van der Waals surface area contributed by atoms with E-state index >= 15 is 0 Å². The second-order valence-corrected chi connectivity index (χ2v) is 4.02. The maximum absolute atomic E-state index is 5.68. The van der Waals surface area contributed by atoms with Crippen LogP contribution in [0.3, 0.4) is 0 Å². The molecule has 17 heavy (non-hydrogen) atoms. The van der Waals surface area contributed by atoms with Gasteiger partial charge in [-0.2, -0.15) is 0 Å². The minimum atomic E-state index is 0.563. The molecule has 0 saturated carbocycles. The Morgan fingerprint density at radius 3 is 2.59 bits per heavy atom. The van der Waals surface area contributed by atoms with E-state index in [0.29, 0.717) is 6.61 Å².